The van der Waals surface area contributed by atoms with Crippen LogP contribution in [0.5, 0.6) is 5.75 Å². The molecule has 0 spiro atoms. The van der Waals surface area contributed by atoms with Gasteiger partial charge >= 0.3 is 0 Å². The van der Waals surface area contributed by atoms with Crippen LogP contribution in [0.1, 0.15) is 16.6 Å². The topological polar surface area (TPSA) is 96.9 Å². The Morgan fingerprint density at radius 3 is 2.94 bits per heavy atom. The van der Waals surface area contributed by atoms with E-state index >= 15 is 0 Å². The van der Waals surface area contributed by atoms with E-state index in [1.54, 1.807) is 18.4 Å². The minimum absolute atomic E-state index is 0.0446. The quantitative estimate of drug-likeness (QED) is 0.312. The molecule has 88 valence electrons. The van der Waals surface area contributed by atoms with E-state index in [1.165, 1.54) is 18.4 Å². The number of oxime groups is 1. The van der Waals surface area contributed by atoms with Crippen molar-refractivity contribution in [2.24, 2.45) is 10.9 Å². The van der Waals surface area contributed by atoms with Crippen LogP contribution in [-0.4, -0.2) is 30.1 Å². The molecule has 6 nitrogen and oxygen atoms in total. The van der Waals surface area contributed by atoms with Gasteiger partial charge in [-0.15, -0.1) is 11.3 Å². The fourth-order valence-corrected chi connectivity index (χ4v) is 1.73. The van der Waals surface area contributed by atoms with Gasteiger partial charge in [0.15, 0.2) is 5.84 Å². The number of ether oxygens (including phenoxy) is 1. The molecule has 0 saturated carbocycles. The third-order valence-corrected chi connectivity index (χ3v) is 2.85. The zero-order chi connectivity index (χ0) is 12.1. The fraction of sp³-hybridized carbons (Fsp3) is 0.333. The summed E-state index contributed by atoms with van der Waals surface area (Å²) in [5, 5.41) is 15.5. The molecular weight excluding hydrogens is 230 g/mol. The Bertz CT molecular complexity index is 402. The van der Waals surface area contributed by atoms with Gasteiger partial charge in [-0.1, -0.05) is 5.16 Å². The van der Waals surface area contributed by atoms with E-state index in [0.29, 0.717) is 10.6 Å². The van der Waals surface area contributed by atoms with Gasteiger partial charge in [-0.2, -0.15) is 0 Å². The van der Waals surface area contributed by atoms with Crippen LogP contribution in [0.4, 0.5) is 0 Å². The van der Waals surface area contributed by atoms with E-state index in [4.69, 9.17) is 15.7 Å². The first-order valence-electron chi connectivity index (χ1n) is 4.49. The molecule has 0 aliphatic rings. The van der Waals surface area contributed by atoms with E-state index in [0.717, 1.165) is 0 Å². The molecule has 1 aromatic heterocycles. The second-order valence-corrected chi connectivity index (χ2v) is 3.98. The maximum absolute atomic E-state index is 11.7. The van der Waals surface area contributed by atoms with Crippen LogP contribution in [0.3, 0.4) is 0 Å². The lowest BCUT2D eigenvalue weighted by molar-refractivity contribution is 0.0952. The van der Waals surface area contributed by atoms with Gasteiger partial charge in [0.25, 0.3) is 5.91 Å². The predicted molar refractivity (Wildman–Crippen MR) is 61.2 cm³/mol. The molecule has 16 heavy (non-hydrogen) atoms. The maximum atomic E-state index is 11.7. The summed E-state index contributed by atoms with van der Waals surface area (Å²) < 4.78 is 4.96. The highest BCUT2D eigenvalue weighted by molar-refractivity contribution is 7.12. The number of nitrogens with one attached hydrogen (secondary N) is 1. The van der Waals surface area contributed by atoms with Crippen LogP contribution >= 0.6 is 11.3 Å². The highest BCUT2D eigenvalue weighted by atomic mass is 32.1. The van der Waals surface area contributed by atoms with Gasteiger partial charge in [-0.05, 0) is 6.92 Å². The Balaban J connectivity index is 2.65. The highest BCUT2D eigenvalue weighted by Crippen LogP contribution is 2.20. The van der Waals surface area contributed by atoms with Crippen molar-refractivity contribution in [1.29, 1.82) is 0 Å². The van der Waals surface area contributed by atoms with Crippen molar-refractivity contribution in [3.05, 3.63) is 16.3 Å². The number of methoxy groups -OCH3 is 1. The summed E-state index contributed by atoms with van der Waals surface area (Å²) in [6, 6.07) is 1.10. The summed E-state index contributed by atoms with van der Waals surface area (Å²) in [4.78, 5) is 12.2. The first kappa shape index (κ1) is 12.3. The summed E-state index contributed by atoms with van der Waals surface area (Å²) in [6.07, 6.45) is 0. The number of thiophene rings is 1. The standard InChI is InChI=1S/C9H13N3O3S/c1-5(8(10)12-14)11-9(13)7-3-6(15-2)4-16-7/h3-5,14H,1-2H3,(H2,10,12)(H,11,13). The average molecular weight is 243 g/mol. The number of carbonyl (C=O) groups is 1. The normalized spacial score (nSPS) is 13.2. The molecule has 1 aromatic rings. The molecule has 1 unspecified atom stereocenters. The summed E-state index contributed by atoms with van der Waals surface area (Å²) in [5.74, 6) is 0.302. The van der Waals surface area contributed by atoms with E-state index < -0.39 is 6.04 Å². The lowest BCUT2D eigenvalue weighted by Crippen LogP contribution is -2.42. The minimum Gasteiger partial charge on any atom is -0.496 e. The second kappa shape index (κ2) is 5.36. The number of rotatable bonds is 4. The largest absolute Gasteiger partial charge is 0.496 e. The van der Waals surface area contributed by atoms with Crippen molar-refractivity contribution in [3.63, 3.8) is 0 Å². The Kier molecular flexibility index (Phi) is 4.12. The third-order valence-electron chi connectivity index (χ3n) is 1.94. The van der Waals surface area contributed by atoms with Gasteiger partial charge in [0.2, 0.25) is 0 Å². The SMILES string of the molecule is COc1csc(C(=O)NC(C)C(N)=NO)c1. The molecule has 7 heteroatoms. The van der Waals surface area contributed by atoms with Gasteiger partial charge in [0, 0.05) is 11.4 Å². The average Bonchev–Trinajstić information content (AvgIpc) is 2.76. The van der Waals surface area contributed by atoms with E-state index in [1.807, 2.05) is 0 Å². The molecule has 1 amide bonds. The Morgan fingerprint density at radius 1 is 1.75 bits per heavy atom. The van der Waals surface area contributed by atoms with Crippen LogP contribution in [0.2, 0.25) is 0 Å². The van der Waals surface area contributed by atoms with Gasteiger partial charge in [-0.25, -0.2) is 0 Å². The molecule has 1 rings (SSSR count). The molecule has 0 aliphatic carbocycles. The summed E-state index contributed by atoms with van der Waals surface area (Å²) in [6.45, 7) is 1.62. The number of nitrogens with two attached hydrogens (primary N) is 1. The van der Waals surface area contributed by atoms with Crippen molar-refractivity contribution in [3.8, 4) is 5.75 Å². The number of hydrogen-bond acceptors (Lipinski definition) is 5. The molecule has 1 heterocycles. The Hall–Kier alpha value is -1.76. The van der Waals surface area contributed by atoms with Crippen molar-refractivity contribution in [2.75, 3.05) is 7.11 Å². The first-order valence-corrected chi connectivity index (χ1v) is 5.37. The van der Waals surface area contributed by atoms with Gasteiger partial charge in [-0.3, -0.25) is 4.79 Å². The maximum Gasteiger partial charge on any atom is 0.262 e. The van der Waals surface area contributed by atoms with Crippen molar-refractivity contribution in [2.45, 2.75) is 13.0 Å². The Morgan fingerprint density at radius 2 is 2.44 bits per heavy atom. The molecule has 1 atom stereocenters. The number of carbonyl (C=O) groups excluding carboxylic acids is 1. The first-order chi connectivity index (χ1) is 7.58. The number of nitrogens with zero attached hydrogens (tertiary/aromatic N) is 1. The number of hydrogen-bond donors (Lipinski definition) is 3. The van der Waals surface area contributed by atoms with Crippen molar-refractivity contribution < 1.29 is 14.7 Å². The molecule has 0 saturated heterocycles. The zero-order valence-corrected chi connectivity index (χ0v) is 9.75. The van der Waals surface area contributed by atoms with E-state index in [-0.39, 0.29) is 11.7 Å². The van der Waals surface area contributed by atoms with E-state index in [9.17, 15) is 4.79 Å². The van der Waals surface area contributed by atoms with E-state index in [2.05, 4.69) is 10.5 Å². The molecule has 0 aliphatic heterocycles. The van der Waals surface area contributed by atoms with Crippen LogP contribution in [0.15, 0.2) is 16.6 Å². The molecule has 0 bridgehead atoms. The molecule has 0 fully saturated rings. The van der Waals surface area contributed by atoms with Gasteiger partial charge < -0.3 is 21.0 Å². The van der Waals surface area contributed by atoms with Crippen molar-refractivity contribution in [1.82, 2.24) is 5.32 Å². The van der Waals surface area contributed by atoms with Gasteiger partial charge in [0.1, 0.15) is 5.75 Å². The lowest BCUT2D eigenvalue weighted by Gasteiger charge is -2.10. The molecule has 4 N–H and O–H groups in total. The Labute approximate surface area is 96.7 Å². The highest BCUT2D eigenvalue weighted by Gasteiger charge is 2.14. The minimum atomic E-state index is -0.523. The van der Waals surface area contributed by atoms with Crippen LogP contribution < -0.4 is 15.8 Å². The molecule has 0 aromatic carbocycles. The predicted octanol–water partition coefficient (Wildman–Crippen LogP) is 0.621. The fourth-order valence-electron chi connectivity index (χ4n) is 0.973. The summed E-state index contributed by atoms with van der Waals surface area (Å²) in [5.41, 5.74) is 5.34. The summed E-state index contributed by atoms with van der Waals surface area (Å²) in [7, 11) is 1.53. The van der Waals surface area contributed by atoms with Crippen LogP contribution in [0, 0.1) is 0 Å². The third kappa shape index (κ3) is 2.86. The molecule has 0 radical (unpaired) electrons. The second-order valence-electron chi connectivity index (χ2n) is 3.07. The van der Waals surface area contributed by atoms with Crippen LogP contribution in [0.25, 0.3) is 0 Å². The molecular formula is C9H13N3O3S. The van der Waals surface area contributed by atoms with Crippen LogP contribution in [-0.2, 0) is 0 Å². The summed E-state index contributed by atoms with van der Waals surface area (Å²) >= 11 is 1.26. The monoisotopic (exact) mass is 243 g/mol. The lowest BCUT2D eigenvalue weighted by atomic mass is 10.3. The van der Waals surface area contributed by atoms with Crippen molar-refractivity contribution >= 4 is 23.1 Å². The van der Waals surface area contributed by atoms with Gasteiger partial charge in [0.05, 0.1) is 18.0 Å². The zero-order valence-electron chi connectivity index (χ0n) is 8.93. The smallest absolute Gasteiger partial charge is 0.262 e. The number of amides is 1. The number of amidine groups is 1.